The smallest absolute Gasteiger partial charge is 0.261 e. The minimum Gasteiger partial charge on any atom is -0.497 e. The van der Waals surface area contributed by atoms with Gasteiger partial charge >= 0.3 is 0 Å². The first-order valence-electron chi connectivity index (χ1n) is 9.63. The van der Waals surface area contributed by atoms with E-state index in [1.165, 1.54) is 32.2 Å². The van der Waals surface area contributed by atoms with Crippen molar-refractivity contribution >= 4 is 22.5 Å². The van der Waals surface area contributed by atoms with Gasteiger partial charge in [-0.05, 0) is 24.6 Å². The summed E-state index contributed by atoms with van der Waals surface area (Å²) in [5.74, 6) is 1.92. The van der Waals surface area contributed by atoms with Crippen LogP contribution in [-0.4, -0.2) is 43.9 Å². The van der Waals surface area contributed by atoms with Gasteiger partial charge in [-0.25, -0.2) is 4.98 Å². The highest BCUT2D eigenvalue weighted by atomic mass is 16.5. The number of anilines is 1. The van der Waals surface area contributed by atoms with Gasteiger partial charge in [-0.2, -0.15) is 0 Å². The molecular weight excluding hydrogens is 402 g/mol. The fourth-order valence-electron chi connectivity index (χ4n) is 3.17. The van der Waals surface area contributed by atoms with Gasteiger partial charge in [-0.1, -0.05) is 0 Å². The van der Waals surface area contributed by atoms with Crippen molar-refractivity contribution in [2.45, 2.75) is 19.4 Å². The fraction of sp³-hybridized carbons (Fsp3) is 0.318. The molecule has 3 aromatic rings. The van der Waals surface area contributed by atoms with Crippen LogP contribution < -0.4 is 29.8 Å². The van der Waals surface area contributed by atoms with Crippen molar-refractivity contribution in [2.75, 3.05) is 33.8 Å². The van der Waals surface area contributed by atoms with E-state index in [0.717, 1.165) is 0 Å². The van der Waals surface area contributed by atoms with Crippen LogP contribution >= 0.6 is 0 Å². The largest absolute Gasteiger partial charge is 0.497 e. The third-order valence-electron chi connectivity index (χ3n) is 4.81. The first kappa shape index (κ1) is 21.9. The number of hydrogen-bond donors (Lipinski definition) is 1. The second kappa shape index (κ2) is 9.84. The standard InChI is InChI=1S/C22H25N3O6/c1-28-14-7-8-16(18(10-14)29-2)24-21(26)6-5-9-25-13-23-17-12-20(31-4)19(30-3)11-15(17)22(25)27/h7-8,10-13H,5-6,9H2,1-4H3,(H,24,26). The maximum Gasteiger partial charge on any atom is 0.261 e. The third kappa shape index (κ3) is 4.88. The number of aryl methyl sites for hydroxylation is 1. The van der Waals surface area contributed by atoms with Crippen LogP contribution in [0.5, 0.6) is 23.0 Å². The van der Waals surface area contributed by atoms with Crippen LogP contribution in [0, 0.1) is 0 Å². The molecule has 0 atom stereocenters. The number of hydrogen-bond acceptors (Lipinski definition) is 7. The Labute approximate surface area is 179 Å². The Morgan fingerprint density at radius 3 is 2.35 bits per heavy atom. The second-order valence-corrected chi connectivity index (χ2v) is 6.69. The predicted octanol–water partition coefficient (Wildman–Crippen LogP) is 2.85. The summed E-state index contributed by atoms with van der Waals surface area (Å²) >= 11 is 0. The molecule has 0 fully saturated rings. The highest BCUT2D eigenvalue weighted by Gasteiger charge is 2.12. The van der Waals surface area contributed by atoms with E-state index in [0.29, 0.717) is 52.6 Å². The molecule has 9 heteroatoms. The quantitative estimate of drug-likeness (QED) is 0.560. The third-order valence-corrected chi connectivity index (χ3v) is 4.81. The molecular formula is C22H25N3O6. The number of nitrogens with one attached hydrogen (secondary N) is 1. The van der Waals surface area contributed by atoms with Gasteiger partial charge < -0.3 is 24.3 Å². The van der Waals surface area contributed by atoms with Gasteiger partial charge in [-0.3, -0.25) is 14.2 Å². The highest BCUT2D eigenvalue weighted by molar-refractivity contribution is 5.92. The lowest BCUT2D eigenvalue weighted by Crippen LogP contribution is -2.22. The van der Waals surface area contributed by atoms with Crippen molar-refractivity contribution in [2.24, 2.45) is 0 Å². The average molecular weight is 427 g/mol. The monoisotopic (exact) mass is 427 g/mol. The predicted molar refractivity (Wildman–Crippen MR) is 117 cm³/mol. The minimum absolute atomic E-state index is 0.184. The van der Waals surface area contributed by atoms with E-state index in [2.05, 4.69) is 10.3 Å². The van der Waals surface area contributed by atoms with E-state index in [1.54, 1.807) is 37.4 Å². The van der Waals surface area contributed by atoms with E-state index in [9.17, 15) is 9.59 Å². The van der Waals surface area contributed by atoms with Crippen molar-refractivity contribution in [3.05, 3.63) is 47.0 Å². The summed E-state index contributed by atoms with van der Waals surface area (Å²) in [7, 11) is 6.11. The van der Waals surface area contributed by atoms with E-state index in [-0.39, 0.29) is 17.9 Å². The Balaban J connectivity index is 1.67. The molecule has 1 heterocycles. The molecule has 164 valence electrons. The molecule has 1 amide bonds. The van der Waals surface area contributed by atoms with E-state index >= 15 is 0 Å². The number of aromatic nitrogens is 2. The molecule has 0 aliphatic rings. The van der Waals surface area contributed by atoms with E-state index < -0.39 is 0 Å². The molecule has 0 saturated heterocycles. The van der Waals surface area contributed by atoms with Gasteiger partial charge in [0.25, 0.3) is 5.56 Å². The van der Waals surface area contributed by atoms with Gasteiger partial charge in [0.05, 0.1) is 51.4 Å². The second-order valence-electron chi connectivity index (χ2n) is 6.69. The van der Waals surface area contributed by atoms with Crippen LogP contribution in [0.3, 0.4) is 0 Å². The molecule has 0 radical (unpaired) electrons. The van der Waals surface area contributed by atoms with Crippen molar-refractivity contribution in [1.82, 2.24) is 9.55 Å². The Bertz CT molecular complexity index is 1140. The van der Waals surface area contributed by atoms with E-state index in [4.69, 9.17) is 18.9 Å². The SMILES string of the molecule is COc1ccc(NC(=O)CCCn2cnc3cc(OC)c(OC)cc3c2=O)c(OC)c1. The Hall–Kier alpha value is -3.75. The average Bonchev–Trinajstić information content (AvgIpc) is 2.80. The molecule has 0 spiro atoms. The zero-order valence-corrected chi connectivity index (χ0v) is 17.9. The number of carbonyl (C=O) groups excluding carboxylic acids is 1. The molecule has 0 aliphatic carbocycles. The van der Waals surface area contributed by atoms with Crippen LogP contribution in [0.1, 0.15) is 12.8 Å². The zero-order valence-electron chi connectivity index (χ0n) is 17.9. The maximum atomic E-state index is 12.8. The molecule has 1 aromatic heterocycles. The van der Waals surface area contributed by atoms with Gasteiger partial charge in [-0.15, -0.1) is 0 Å². The van der Waals surface area contributed by atoms with Gasteiger partial charge in [0.2, 0.25) is 5.91 Å². The highest BCUT2D eigenvalue weighted by Crippen LogP contribution is 2.30. The number of nitrogens with zero attached hydrogens (tertiary/aromatic N) is 2. The van der Waals surface area contributed by atoms with E-state index in [1.807, 2.05) is 0 Å². The van der Waals surface area contributed by atoms with Crippen LogP contribution in [0.25, 0.3) is 10.9 Å². The van der Waals surface area contributed by atoms with Crippen molar-refractivity contribution in [1.29, 1.82) is 0 Å². The van der Waals surface area contributed by atoms with Gasteiger partial charge in [0.1, 0.15) is 11.5 Å². The normalized spacial score (nSPS) is 10.6. The molecule has 0 saturated carbocycles. The number of rotatable bonds is 9. The molecule has 0 aliphatic heterocycles. The summed E-state index contributed by atoms with van der Waals surface area (Å²) in [6, 6.07) is 8.42. The van der Waals surface area contributed by atoms with Crippen LogP contribution in [0.15, 0.2) is 41.5 Å². The van der Waals surface area contributed by atoms with Crippen LogP contribution in [0.4, 0.5) is 5.69 Å². The van der Waals surface area contributed by atoms with Crippen molar-refractivity contribution in [3.63, 3.8) is 0 Å². The molecule has 3 rings (SSSR count). The Morgan fingerprint density at radius 1 is 0.968 bits per heavy atom. The number of carbonyl (C=O) groups is 1. The summed E-state index contributed by atoms with van der Waals surface area (Å²) in [6.07, 6.45) is 2.16. The van der Waals surface area contributed by atoms with Crippen LogP contribution in [0.2, 0.25) is 0 Å². The molecule has 9 nitrogen and oxygen atoms in total. The molecule has 0 bridgehead atoms. The molecule has 31 heavy (non-hydrogen) atoms. The van der Waals surface area contributed by atoms with Crippen molar-refractivity contribution < 1.29 is 23.7 Å². The summed E-state index contributed by atoms with van der Waals surface area (Å²) < 4.78 is 22.4. The van der Waals surface area contributed by atoms with Gasteiger partial charge in [0, 0.05) is 25.1 Å². The fourth-order valence-corrected chi connectivity index (χ4v) is 3.17. The minimum atomic E-state index is -0.205. The molecule has 2 aromatic carbocycles. The number of ether oxygens (including phenoxy) is 4. The molecule has 1 N–H and O–H groups in total. The first-order chi connectivity index (χ1) is 15.0. The topological polar surface area (TPSA) is 101 Å². The maximum absolute atomic E-state index is 12.8. The van der Waals surface area contributed by atoms with Crippen LogP contribution in [-0.2, 0) is 11.3 Å². The lowest BCUT2D eigenvalue weighted by Gasteiger charge is -2.12. The Kier molecular flexibility index (Phi) is 6.96. The molecule has 0 unspecified atom stereocenters. The summed E-state index contributed by atoms with van der Waals surface area (Å²) in [4.78, 5) is 29.5. The van der Waals surface area contributed by atoms with Gasteiger partial charge in [0.15, 0.2) is 11.5 Å². The first-order valence-corrected chi connectivity index (χ1v) is 9.63. The number of methoxy groups -OCH3 is 4. The zero-order chi connectivity index (χ0) is 22.4. The summed E-state index contributed by atoms with van der Waals surface area (Å²) in [5, 5.41) is 3.24. The Morgan fingerprint density at radius 2 is 1.68 bits per heavy atom. The summed E-state index contributed by atoms with van der Waals surface area (Å²) in [6.45, 7) is 0.350. The number of amides is 1. The lowest BCUT2D eigenvalue weighted by molar-refractivity contribution is -0.116. The lowest BCUT2D eigenvalue weighted by atomic mass is 10.2. The number of benzene rings is 2. The number of fused-ring (bicyclic) bond motifs is 1. The van der Waals surface area contributed by atoms with Crippen molar-refractivity contribution in [3.8, 4) is 23.0 Å². The summed E-state index contributed by atoms with van der Waals surface area (Å²) in [5.41, 5.74) is 0.866.